The van der Waals surface area contributed by atoms with Gasteiger partial charge in [0.2, 0.25) is 11.7 Å². The van der Waals surface area contributed by atoms with Crippen molar-refractivity contribution in [1.29, 1.82) is 0 Å². The molecule has 2 fully saturated rings. The van der Waals surface area contributed by atoms with Crippen molar-refractivity contribution in [3.05, 3.63) is 47.5 Å². The molecule has 202 valence electrons. The third kappa shape index (κ3) is 6.48. The van der Waals surface area contributed by atoms with Gasteiger partial charge in [0.15, 0.2) is 11.6 Å². The predicted molar refractivity (Wildman–Crippen MR) is 130 cm³/mol. The Morgan fingerprint density at radius 3 is 2.54 bits per heavy atom. The number of alkyl halides is 3. The van der Waals surface area contributed by atoms with Crippen LogP contribution < -0.4 is 16.0 Å². The van der Waals surface area contributed by atoms with Crippen molar-refractivity contribution < 1.29 is 27.1 Å². The van der Waals surface area contributed by atoms with E-state index in [9.17, 15) is 18.0 Å². The Hall–Kier alpha value is -2.99. The number of hydrogen-bond acceptors (Lipinski definition) is 7. The van der Waals surface area contributed by atoms with Crippen molar-refractivity contribution in [2.45, 2.75) is 50.6 Å². The Morgan fingerprint density at radius 1 is 1.24 bits per heavy atom. The Balaban J connectivity index is 1.46. The van der Waals surface area contributed by atoms with Crippen LogP contribution in [0.1, 0.15) is 37.3 Å². The van der Waals surface area contributed by atoms with Gasteiger partial charge in [-0.25, -0.2) is 9.97 Å². The number of ether oxygens (including phenoxy) is 1. The Bertz CT molecular complexity index is 1100. The largest absolute Gasteiger partial charge is 0.416 e. The van der Waals surface area contributed by atoms with Crippen LogP contribution in [0.2, 0.25) is 0 Å². The molecule has 0 radical (unpaired) electrons. The van der Waals surface area contributed by atoms with Crippen LogP contribution in [0.15, 0.2) is 30.6 Å². The monoisotopic (exact) mass is 524 g/mol. The highest BCUT2D eigenvalue weighted by atomic mass is 19.4. The molecular formula is C25H32F4N6O2. The van der Waals surface area contributed by atoms with E-state index in [4.69, 9.17) is 10.5 Å². The number of primary amides is 1. The van der Waals surface area contributed by atoms with Gasteiger partial charge in [0, 0.05) is 38.7 Å². The zero-order chi connectivity index (χ0) is 26.8. The molecule has 2 aromatic rings. The second-order valence-electron chi connectivity index (χ2n) is 9.97. The molecule has 1 aliphatic heterocycles. The maximum atomic E-state index is 15.6. The average molecular weight is 525 g/mol. The minimum Gasteiger partial charge on any atom is -0.377 e. The van der Waals surface area contributed by atoms with Crippen LogP contribution in [-0.4, -0.2) is 65.7 Å². The first kappa shape index (κ1) is 27.1. The minimum atomic E-state index is -4.41. The number of hydrogen-bond donors (Lipinski definition) is 2. The van der Waals surface area contributed by atoms with Crippen LogP contribution in [0.4, 0.5) is 29.2 Å². The molecule has 1 saturated carbocycles. The van der Waals surface area contributed by atoms with Gasteiger partial charge in [0.05, 0.1) is 17.7 Å². The van der Waals surface area contributed by atoms with Gasteiger partial charge in [-0.2, -0.15) is 17.6 Å². The molecule has 1 aromatic carbocycles. The molecule has 2 aliphatic rings. The van der Waals surface area contributed by atoms with E-state index in [0.717, 1.165) is 25.0 Å². The molecule has 4 rings (SSSR count). The van der Waals surface area contributed by atoms with Crippen molar-refractivity contribution in [1.82, 2.24) is 14.9 Å². The third-order valence-electron chi connectivity index (χ3n) is 7.22. The summed E-state index contributed by atoms with van der Waals surface area (Å²) >= 11 is 0. The summed E-state index contributed by atoms with van der Waals surface area (Å²) in [7, 11) is 1.61. The number of piperidine rings is 1. The number of likely N-dealkylation sites (tertiary alicyclic amines) is 1. The number of anilines is 2. The fourth-order valence-corrected chi connectivity index (χ4v) is 4.86. The number of aromatic nitrogens is 2. The van der Waals surface area contributed by atoms with Crippen molar-refractivity contribution >= 4 is 17.5 Å². The molecule has 1 amide bonds. The number of nitrogens with one attached hydrogen (secondary N) is 1. The molecule has 1 aliphatic carbocycles. The maximum Gasteiger partial charge on any atom is 0.416 e. The lowest BCUT2D eigenvalue weighted by Crippen LogP contribution is -2.56. The molecule has 0 spiro atoms. The first-order valence-corrected chi connectivity index (χ1v) is 12.2. The summed E-state index contributed by atoms with van der Waals surface area (Å²) in [6, 6.07) is 4.95. The lowest BCUT2D eigenvalue weighted by Gasteiger charge is -2.45. The van der Waals surface area contributed by atoms with Crippen LogP contribution in [0.25, 0.3) is 0 Å². The van der Waals surface area contributed by atoms with Crippen molar-refractivity contribution in [2.24, 2.45) is 11.7 Å². The molecule has 2 heterocycles. The number of methoxy groups -OCH3 is 1. The number of amides is 1. The van der Waals surface area contributed by atoms with E-state index in [0.29, 0.717) is 31.6 Å². The second-order valence-corrected chi connectivity index (χ2v) is 9.97. The minimum absolute atomic E-state index is 0.0196. The summed E-state index contributed by atoms with van der Waals surface area (Å²) in [4.78, 5) is 23.3. The summed E-state index contributed by atoms with van der Waals surface area (Å²) in [5.74, 6) is -0.813. The topological polar surface area (TPSA) is 96.6 Å². The molecule has 1 aromatic heterocycles. The number of rotatable bonds is 10. The molecule has 0 bridgehead atoms. The Labute approximate surface area is 213 Å². The summed E-state index contributed by atoms with van der Waals surface area (Å²) in [5, 5.41) is 3.10. The number of nitrogens with zero attached hydrogens (tertiary/aromatic N) is 4. The molecular weight excluding hydrogens is 492 g/mol. The normalized spacial score (nSPS) is 22.6. The number of nitrogens with two attached hydrogens (primary N) is 1. The van der Waals surface area contributed by atoms with Crippen molar-refractivity contribution in [3.8, 4) is 0 Å². The maximum absolute atomic E-state index is 15.6. The molecule has 8 nitrogen and oxygen atoms in total. The van der Waals surface area contributed by atoms with Gasteiger partial charge < -0.3 is 20.7 Å². The Kier molecular flexibility index (Phi) is 7.88. The molecule has 3 N–H and O–H groups in total. The zero-order valence-corrected chi connectivity index (χ0v) is 20.9. The lowest BCUT2D eigenvalue weighted by molar-refractivity contribution is -0.137. The van der Waals surface area contributed by atoms with Crippen molar-refractivity contribution in [3.63, 3.8) is 0 Å². The summed E-state index contributed by atoms with van der Waals surface area (Å²) in [5.41, 5.74) is 4.67. The first-order chi connectivity index (χ1) is 17.5. The predicted octanol–water partition coefficient (Wildman–Crippen LogP) is 3.43. The van der Waals surface area contributed by atoms with E-state index in [1.165, 1.54) is 18.5 Å². The summed E-state index contributed by atoms with van der Waals surface area (Å²) < 4.78 is 60.1. The average Bonchev–Trinajstić information content (AvgIpc) is 3.68. The van der Waals surface area contributed by atoms with Gasteiger partial charge in [0.1, 0.15) is 6.33 Å². The van der Waals surface area contributed by atoms with Crippen LogP contribution in [0.3, 0.4) is 0 Å². The van der Waals surface area contributed by atoms with E-state index in [1.54, 1.807) is 12.0 Å². The van der Waals surface area contributed by atoms with Gasteiger partial charge in [0.25, 0.3) is 0 Å². The number of benzene rings is 1. The zero-order valence-electron chi connectivity index (χ0n) is 20.9. The van der Waals surface area contributed by atoms with Crippen LogP contribution >= 0.6 is 0 Å². The fourth-order valence-electron chi connectivity index (χ4n) is 4.86. The van der Waals surface area contributed by atoms with Crippen molar-refractivity contribution in [2.75, 3.05) is 43.5 Å². The highest BCUT2D eigenvalue weighted by molar-refractivity contribution is 5.75. The van der Waals surface area contributed by atoms with Crippen LogP contribution in [0.5, 0.6) is 0 Å². The quantitative estimate of drug-likeness (QED) is 0.460. The number of carbonyl (C=O) groups is 1. The van der Waals surface area contributed by atoms with Gasteiger partial charge in [-0.15, -0.1) is 0 Å². The molecule has 12 heteroatoms. The number of carbonyl (C=O) groups excluding carboxylic acids is 1. The second kappa shape index (κ2) is 10.8. The smallest absolute Gasteiger partial charge is 0.377 e. The van der Waals surface area contributed by atoms with E-state index in [-0.39, 0.29) is 36.7 Å². The van der Waals surface area contributed by atoms with Gasteiger partial charge >= 0.3 is 6.18 Å². The molecule has 2 unspecified atom stereocenters. The number of halogens is 4. The van der Waals surface area contributed by atoms with Gasteiger partial charge in [-0.1, -0.05) is 12.1 Å². The van der Waals surface area contributed by atoms with E-state index >= 15 is 4.39 Å². The third-order valence-corrected chi connectivity index (χ3v) is 7.22. The van der Waals surface area contributed by atoms with Gasteiger partial charge in [-0.3, -0.25) is 9.69 Å². The Morgan fingerprint density at radius 2 is 1.95 bits per heavy atom. The van der Waals surface area contributed by atoms with Crippen LogP contribution in [-0.2, 0) is 22.3 Å². The summed E-state index contributed by atoms with van der Waals surface area (Å²) in [6.07, 6.45) is -0.711. The highest BCUT2D eigenvalue weighted by Crippen LogP contribution is 2.36. The molecule has 1 saturated heterocycles. The molecule has 2 atom stereocenters. The standard InChI is InChI=1S/C25H32F4N6O2/c1-24(37-2)14-34(13-20(30)36)10-9-18(24)11-31-22-21(26)23(33-15-32-22)35(19-7-8-19)12-16-3-5-17(6-4-16)25(27,28)29/h3-6,15,18-19H,7-14H2,1-2H3,(H2,30,36)(H,31,32,33). The van der Waals surface area contributed by atoms with Gasteiger partial charge in [-0.05, 0) is 50.4 Å². The van der Waals surface area contributed by atoms with E-state index in [2.05, 4.69) is 15.3 Å². The lowest BCUT2D eigenvalue weighted by atomic mass is 9.82. The first-order valence-electron chi connectivity index (χ1n) is 12.2. The van der Waals surface area contributed by atoms with E-state index in [1.807, 2.05) is 11.8 Å². The highest BCUT2D eigenvalue weighted by Gasteiger charge is 2.40. The molecule has 37 heavy (non-hydrogen) atoms. The summed E-state index contributed by atoms with van der Waals surface area (Å²) in [6.45, 7) is 3.90. The fraction of sp³-hybridized carbons (Fsp3) is 0.560. The SMILES string of the molecule is COC1(C)CN(CC(N)=O)CCC1CNc1ncnc(N(Cc2ccc(C(F)(F)F)cc2)C2CC2)c1F. The van der Waals surface area contributed by atoms with E-state index < -0.39 is 29.1 Å². The van der Waals surface area contributed by atoms with Crippen LogP contribution in [0, 0.1) is 11.7 Å².